The average Bonchev–Trinajstić information content (AvgIpc) is 2.29. The van der Waals surface area contributed by atoms with Crippen LogP contribution in [0.25, 0.3) is 0 Å². The third-order valence-corrected chi connectivity index (χ3v) is 4.50. The molecule has 1 heterocycles. The highest BCUT2D eigenvalue weighted by Crippen LogP contribution is 2.28. The van der Waals surface area contributed by atoms with Gasteiger partial charge in [0.15, 0.2) is 0 Å². The summed E-state index contributed by atoms with van der Waals surface area (Å²) in [5, 5.41) is 10.1. The standard InChI is InChI=1S/C16H33NO/c1-5-7-14(8-6-2)13-17-11-9-15(10-12-17)16(3,4)18/h14-15,18H,5-13H2,1-4H3. The number of likely N-dealkylation sites (tertiary alicyclic amines) is 1. The van der Waals surface area contributed by atoms with Crippen molar-refractivity contribution in [2.45, 2.75) is 71.8 Å². The zero-order chi connectivity index (χ0) is 13.6. The van der Waals surface area contributed by atoms with Crippen molar-refractivity contribution in [2.24, 2.45) is 11.8 Å². The van der Waals surface area contributed by atoms with E-state index in [-0.39, 0.29) is 0 Å². The van der Waals surface area contributed by atoms with Crippen molar-refractivity contribution >= 4 is 0 Å². The second-order valence-electron chi connectivity index (χ2n) is 6.67. The lowest BCUT2D eigenvalue weighted by atomic mass is 9.83. The maximum Gasteiger partial charge on any atom is 0.0620 e. The molecule has 0 atom stereocenters. The lowest BCUT2D eigenvalue weighted by Gasteiger charge is -2.39. The predicted molar refractivity (Wildman–Crippen MR) is 78.8 cm³/mol. The van der Waals surface area contributed by atoms with Gasteiger partial charge >= 0.3 is 0 Å². The van der Waals surface area contributed by atoms with Gasteiger partial charge in [-0.15, -0.1) is 0 Å². The molecular formula is C16H33NO. The van der Waals surface area contributed by atoms with E-state index in [1.807, 2.05) is 13.8 Å². The Morgan fingerprint density at radius 2 is 1.61 bits per heavy atom. The molecule has 0 spiro atoms. The number of hydrogen-bond donors (Lipinski definition) is 1. The molecule has 0 aliphatic carbocycles. The first-order valence-corrected chi connectivity index (χ1v) is 7.92. The van der Waals surface area contributed by atoms with E-state index < -0.39 is 5.60 Å². The van der Waals surface area contributed by atoms with Gasteiger partial charge in [-0.05, 0) is 64.5 Å². The average molecular weight is 255 g/mol. The molecule has 0 aromatic rings. The topological polar surface area (TPSA) is 23.5 Å². The molecule has 0 saturated carbocycles. The normalized spacial score (nSPS) is 19.7. The van der Waals surface area contributed by atoms with Crippen LogP contribution in [0, 0.1) is 11.8 Å². The maximum atomic E-state index is 10.1. The molecular weight excluding hydrogens is 222 g/mol. The van der Waals surface area contributed by atoms with Crippen LogP contribution in [-0.2, 0) is 0 Å². The van der Waals surface area contributed by atoms with E-state index in [9.17, 15) is 5.11 Å². The van der Waals surface area contributed by atoms with E-state index in [2.05, 4.69) is 18.7 Å². The summed E-state index contributed by atoms with van der Waals surface area (Å²) >= 11 is 0. The molecule has 108 valence electrons. The van der Waals surface area contributed by atoms with Gasteiger partial charge in [0.1, 0.15) is 0 Å². The molecule has 0 bridgehead atoms. The molecule has 1 rings (SSSR count). The lowest BCUT2D eigenvalue weighted by Crippen LogP contribution is -2.43. The summed E-state index contributed by atoms with van der Waals surface area (Å²) in [5.41, 5.74) is -0.488. The molecule has 1 fully saturated rings. The lowest BCUT2D eigenvalue weighted by molar-refractivity contribution is -0.0146. The fraction of sp³-hybridized carbons (Fsp3) is 1.00. The van der Waals surface area contributed by atoms with Crippen LogP contribution in [-0.4, -0.2) is 35.2 Å². The third kappa shape index (κ3) is 5.27. The summed E-state index contributed by atoms with van der Waals surface area (Å²) in [4.78, 5) is 2.62. The first kappa shape index (κ1) is 16.0. The molecule has 18 heavy (non-hydrogen) atoms. The molecule has 0 radical (unpaired) electrons. The van der Waals surface area contributed by atoms with Crippen molar-refractivity contribution in [3.05, 3.63) is 0 Å². The number of rotatable bonds is 7. The highest BCUT2D eigenvalue weighted by molar-refractivity contribution is 4.83. The summed E-state index contributed by atoms with van der Waals surface area (Å²) in [6.45, 7) is 12.2. The first-order chi connectivity index (χ1) is 8.47. The predicted octanol–water partition coefficient (Wildman–Crippen LogP) is 3.69. The Balaban J connectivity index is 2.33. The minimum Gasteiger partial charge on any atom is -0.390 e. The van der Waals surface area contributed by atoms with Crippen LogP contribution in [0.3, 0.4) is 0 Å². The van der Waals surface area contributed by atoms with Crippen LogP contribution in [0.1, 0.15) is 66.2 Å². The zero-order valence-electron chi connectivity index (χ0n) is 12.9. The highest BCUT2D eigenvalue weighted by Gasteiger charge is 2.30. The van der Waals surface area contributed by atoms with Gasteiger partial charge in [-0.25, -0.2) is 0 Å². The van der Waals surface area contributed by atoms with Gasteiger partial charge < -0.3 is 10.0 Å². The van der Waals surface area contributed by atoms with Gasteiger partial charge in [0, 0.05) is 6.54 Å². The number of nitrogens with zero attached hydrogens (tertiary/aromatic N) is 1. The molecule has 1 N–H and O–H groups in total. The summed E-state index contributed by atoms with van der Waals surface area (Å²) < 4.78 is 0. The second-order valence-corrected chi connectivity index (χ2v) is 6.67. The maximum absolute atomic E-state index is 10.1. The van der Waals surface area contributed by atoms with Gasteiger partial charge in [-0.2, -0.15) is 0 Å². The minimum atomic E-state index is -0.488. The summed E-state index contributed by atoms with van der Waals surface area (Å²) in [7, 11) is 0. The van der Waals surface area contributed by atoms with Crippen molar-refractivity contribution in [1.82, 2.24) is 4.90 Å². The van der Waals surface area contributed by atoms with Crippen LogP contribution in [0.5, 0.6) is 0 Å². The molecule has 0 unspecified atom stereocenters. The Labute approximate surface area is 114 Å². The molecule has 1 saturated heterocycles. The Hall–Kier alpha value is -0.0800. The molecule has 1 aliphatic heterocycles. The Kier molecular flexibility index (Phi) is 6.65. The summed E-state index contributed by atoms with van der Waals surface area (Å²) in [5.74, 6) is 1.38. The van der Waals surface area contributed by atoms with Gasteiger partial charge in [0.05, 0.1) is 5.60 Å². The smallest absolute Gasteiger partial charge is 0.0620 e. The monoisotopic (exact) mass is 255 g/mol. The molecule has 2 heteroatoms. The van der Waals surface area contributed by atoms with Crippen molar-refractivity contribution in [3.8, 4) is 0 Å². The fourth-order valence-electron chi connectivity index (χ4n) is 3.33. The number of hydrogen-bond acceptors (Lipinski definition) is 2. The van der Waals surface area contributed by atoms with Crippen LogP contribution in [0.15, 0.2) is 0 Å². The van der Waals surface area contributed by atoms with Crippen LogP contribution in [0.2, 0.25) is 0 Å². The Morgan fingerprint density at radius 3 is 2.00 bits per heavy atom. The molecule has 0 aromatic heterocycles. The Bertz CT molecular complexity index is 208. The van der Waals surface area contributed by atoms with E-state index in [4.69, 9.17) is 0 Å². The van der Waals surface area contributed by atoms with Gasteiger partial charge in [0.2, 0.25) is 0 Å². The SMILES string of the molecule is CCCC(CCC)CN1CCC(C(C)(C)O)CC1. The van der Waals surface area contributed by atoms with Crippen LogP contribution >= 0.6 is 0 Å². The zero-order valence-corrected chi connectivity index (χ0v) is 12.9. The third-order valence-electron chi connectivity index (χ3n) is 4.50. The molecule has 2 nitrogen and oxygen atoms in total. The van der Waals surface area contributed by atoms with Gasteiger partial charge in [-0.3, -0.25) is 0 Å². The summed E-state index contributed by atoms with van der Waals surface area (Å²) in [6.07, 6.45) is 7.69. The van der Waals surface area contributed by atoms with Gasteiger partial charge in [-0.1, -0.05) is 26.7 Å². The highest BCUT2D eigenvalue weighted by atomic mass is 16.3. The fourth-order valence-corrected chi connectivity index (χ4v) is 3.33. The van der Waals surface area contributed by atoms with Crippen molar-refractivity contribution in [3.63, 3.8) is 0 Å². The van der Waals surface area contributed by atoms with E-state index in [1.54, 1.807) is 0 Å². The Morgan fingerprint density at radius 1 is 1.11 bits per heavy atom. The number of piperidine rings is 1. The van der Waals surface area contributed by atoms with E-state index in [1.165, 1.54) is 45.3 Å². The van der Waals surface area contributed by atoms with Crippen molar-refractivity contribution in [1.29, 1.82) is 0 Å². The summed E-state index contributed by atoms with van der Waals surface area (Å²) in [6, 6.07) is 0. The van der Waals surface area contributed by atoms with E-state index in [0.717, 1.165) is 18.8 Å². The van der Waals surface area contributed by atoms with Gasteiger partial charge in [0.25, 0.3) is 0 Å². The largest absolute Gasteiger partial charge is 0.390 e. The molecule has 0 amide bonds. The van der Waals surface area contributed by atoms with E-state index >= 15 is 0 Å². The van der Waals surface area contributed by atoms with Crippen LogP contribution < -0.4 is 0 Å². The molecule has 0 aromatic carbocycles. The van der Waals surface area contributed by atoms with Crippen molar-refractivity contribution in [2.75, 3.05) is 19.6 Å². The molecule has 1 aliphatic rings. The quantitative estimate of drug-likeness (QED) is 0.750. The van der Waals surface area contributed by atoms with Crippen LogP contribution in [0.4, 0.5) is 0 Å². The number of aliphatic hydroxyl groups is 1. The first-order valence-electron chi connectivity index (χ1n) is 7.92. The second kappa shape index (κ2) is 7.49. The minimum absolute atomic E-state index is 0.488. The van der Waals surface area contributed by atoms with E-state index in [0.29, 0.717) is 5.92 Å². The van der Waals surface area contributed by atoms with Crippen molar-refractivity contribution < 1.29 is 5.11 Å².